The number of hydrogen-bond donors (Lipinski definition) is 0. The van der Waals surface area contributed by atoms with E-state index in [-0.39, 0.29) is 5.56 Å². The summed E-state index contributed by atoms with van der Waals surface area (Å²) in [6, 6.07) is 14.7. The van der Waals surface area contributed by atoms with Gasteiger partial charge >= 0.3 is 0 Å². The number of nitrogens with zero attached hydrogens (tertiary/aromatic N) is 3. The molecule has 0 aliphatic carbocycles. The minimum atomic E-state index is 0.198. The van der Waals surface area contributed by atoms with Crippen LogP contribution < -0.4 is 0 Å². The first-order valence-electron chi connectivity index (χ1n) is 8.92. The Morgan fingerprint density at radius 3 is 1.81 bits per heavy atom. The maximum Gasteiger partial charge on any atom is 0.102 e. The second-order valence-corrected chi connectivity index (χ2v) is 6.29. The minimum absolute atomic E-state index is 0.198. The standard InChI is InChI=1S/C23H19N3/c1-4-14-7-8-15-9-10-18-20(12-25)21(13-26)19(11-24)17(6-3)23(18)22(15)16(14)5-2/h7-10H,4-6H2,1-3H3. The van der Waals surface area contributed by atoms with Gasteiger partial charge in [-0.05, 0) is 52.1 Å². The van der Waals surface area contributed by atoms with Gasteiger partial charge in [-0.3, -0.25) is 0 Å². The molecule has 0 unspecified atom stereocenters. The van der Waals surface area contributed by atoms with E-state index in [1.807, 2.05) is 19.1 Å². The predicted octanol–water partition coefficient (Wildman–Crippen LogP) is 5.30. The largest absolute Gasteiger partial charge is 0.192 e. The van der Waals surface area contributed by atoms with Crippen LogP contribution in [0.3, 0.4) is 0 Å². The molecule has 3 rings (SSSR count). The van der Waals surface area contributed by atoms with Gasteiger partial charge in [0.2, 0.25) is 0 Å². The molecule has 0 saturated heterocycles. The van der Waals surface area contributed by atoms with Crippen molar-refractivity contribution in [2.24, 2.45) is 0 Å². The van der Waals surface area contributed by atoms with Gasteiger partial charge in [-0.2, -0.15) is 15.8 Å². The first-order valence-corrected chi connectivity index (χ1v) is 8.92. The van der Waals surface area contributed by atoms with Crippen LogP contribution in [0.15, 0.2) is 24.3 Å². The number of fused-ring (bicyclic) bond motifs is 3. The molecule has 0 N–H and O–H groups in total. The summed E-state index contributed by atoms with van der Waals surface area (Å²) in [5.74, 6) is 0. The first-order chi connectivity index (χ1) is 12.7. The third-order valence-corrected chi connectivity index (χ3v) is 5.19. The third-order valence-electron chi connectivity index (χ3n) is 5.19. The molecule has 3 aromatic rings. The van der Waals surface area contributed by atoms with Gasteiger partial charge in [-0.15, -0.1) is 0 Å². The lowest BCUT2D eigenvalue weighted by atomic mass is 9.84. The molecule has 0 heterocycles. The average molecular weight is 337 g/mol. The van der Waals surface area contributed by atoms with Crippen molar-refractivity contribution >= 4 is 21.5 Å². The van der Waals surface area contributed by atoms with Crippen LogP contribution in [-0.2, 0) is 19.3 Å². The highest BCUT2D eigenvalue weighted by molar-refractivity contribution is 6.14. The Hall–Kier alpha value is -3.35. The van der Waals surface area contributed by atoms with Gasteiger partial charge < -0.3 is 0 Å². The number of hydrogen-bond acceptors (Lipinski definition) is 3. The molecule has 0 radical (unpaired) electrons. The SMILES string of the molecule is CCc1ccc2ccc3c(C#N)c(C#N)c(C#N)c(CC)c3c2c1CC. The molecule has 0 aliphatic rings. The fourth-order valence-electron chi connectivity index (χ4n) is 4.03. The fourth-order valence-corrected chi connectivity index (χ4v) is 4.03. The van der Waals surface area contributed by atoms with Crippen molar-refractivity contribution in [3.63, 3.8) is 0 Å². The van der Waals surface area contributed by atoms with Crippen molar-refractivity contribution in [3.8, 4) is 18.2 Å². The molecule has 0 saturated carbocycles. The molecule has 0 aromatic heterocycles. The summed E-state index contributed by atoms with van der Waals surface area (Å²) < 4.78 is 0. The van der Waals surface area contributed by atoms with Crippen molar-refractivity contribution in [1.29, 1.82) is 15.8 Å². The summed E-state index contributed by atoms with van der Waals surface area (Å²) in [4.78, 5) is 0. The van der Waals surface area contributed by atoms with Gasteiger partial charge in [-0.1, -0.05) is 45.0 Å². The lowest BCUT2D eigenvalue weighted by molar-refractivity contribution is 1.05. The second kappa shape index (κ2) is 6.87. The predicted molar refractivity (Wildman–Crippen MR) is 104 cm³/mol. The van der Waals surface area contributed by atoms with Crippen LogP contribution in [0.2, 0.25) is 0 Å². The van der Waals surface area contributed by atoms with Crippen LogP contribution in [0.25, 0.3) is 21.5 Å². The maximum atomic E-state index is 9.73. The minimum Gasteiger partial charge on any atom is -0.192 e. The van der Waals surface area contributed by atoms with Crippen molar-refractivity contribution in [2.45, 2.75) is 40.0 Å². The Morgan fingerprint density at radius 2 is 1.27 bits per heavy atom. The van der Waals surface area contributed by atoms with E-state index < -0.39 is 0 Å². The third kappa shape index (κ3) is 2.32. The molecule has 3 heteroatoms. The monoisotopic (exact) mass is 337 g/mol. The van der Waals surface area contributed by atoms with E-state index in [1.165, 1.54) is 11.1 Å². The molecule has 0 spiro atoms. The van der Waals surface area contributed by atoms with Crippen LogP contribution in [0, 0.1) is 34.0 Å². The molecule has 26 heavy (non-hydrogen) atoms. The van der Waals surface area contributed by atoms with Crippen LogP contribution in [-0.4, -0.2) is 0 Å². The van der Waals surface area contributed by atoms with E-state index in [4.69, 9.17) is 0 Å². The quantitative estimate of drug-likeness (QED) is 0.609. The summed E-state index contributed by atoms with van der Waals surface area (Å²) in [7, 11) is 0. The summed E-state index contributed by atoms with van der Waals surface area (Å²) >= 11 is 0. The second-order valence-electron chi connectivity index (χ2n) is 6.29. The fraction of sp³-hybridized carbons (Fsp3) is 0.261. The van der Waals surface area contributed by atoms with Gasteiger partial charge in [0.25, 0.3) is 0 Å². The molecular formula is C23H19N3. The van der Waals surface area contributed by atoms with Crippen molar-refractivity contribution in [3.05, 3.63) is 57.6 Å². The van der Waals surface area contributed by atoms with Crippen LogP contribution in [0.1, 0.15) is 54.2 Å². The number of rotatable bonds is 3. The van der Waals surface area contributed by atoms with Crippen molar-refractivity contribution < 1.29 is 0 Å². The lowest BCUT2D eigenvalue weighted by Gasteiger charge is -2.18. The highest BCUT2D eigenvalue weighted by Gasteiger charge is 2.21. The molecule has 126 valence electrons. The molecular weight excluding hydrogens is 318 g/mol. The van der Waals surface area contributed by atoms with E-state index in [1.54, 1.807) is 0 Å². The summed E-state index contributed by atoms with van der Waals surface area (Å²) in [6.07, 6.45) is 2.45. The number of nitriles is 3. The zero-order chi connectivity index (χ0) is 18.8. The van der Waals surface area contributed by atoms with E-state index in [0.29, 0.717) is 17.5 Å². The highest BCUT2D eigenvalue weighted by atomic mass is 14.3. The van der Waals surface area contributed by atoms with Crippen LogP contribution in [0.5, 0.6) is 0 Å². The average Bonchev–Trinajstić information content (AvgIpc) is 2.69. The Labute approximate surface area is 153 Å². The highest BCUT2D eigenvalue weighted by Crippen LogP contribution is 2.38. The summed E-state index contributed by atoms with van der Waals surface area (Å²) in [5, 5.41) is 33.0. The molecule has 0 bridgehead atoms. The molecule has 3 aromatic carbocycles. The first kappa shape index (κ1) is 17.5. The molecule has 0 aliphatic heterocycles. The Morgan fingerprint density at radius 1 is 0.654 bits per heavy atom. The lowest BCUT2D eigenvalue weighted by Crippen LogP contribution is -2.02. The number of aryl methyl sites for hydroxylation is 3. The molecule has 3 nitrogen and oxygen atoms in total. The van der Waals surface area contributed by atoms with E-state index >= 15 is 0 Å². The van der Waals surface area contributed by atoms with Crippen molar-refractivity contribution in [1.82, 2.24) is 0 Å². The molecule has 0 fully saturated rings. The smallest absolute Gasteiger partial charge is 0.102 e. The van der Waals surface area contributed by atoms with Crippen LogP contribution >= 0.6 is 0 Å². The van der Waals surface area contributed by atoms with Gasteiger partial charge in [0.1, 0.15) is 18.2 Å². The van der Waals surface area contributed by atoms with Gasteiger partial charge in [0.05, 0.1) is 16.7 Å². The molecule has 0 atom stereocenters. The summed E-state index contributed by atoms with van der Waals surface area (Å²) in [6.45, 7) is 6.27. The van der Waals surface area contributed by atoms with Crippen LogP contribution in [0.4, 0.5) is 0 Å². The van der Waals surface area contributed by atoms with Gasteiger partial charge in [-0.25, -0.2) is 0 Å². The Balaban J connectivity index is 2.75. The summed E-state index contributed by atoms with van der Waals surface area (Å²) in [5.41, 5.74) is 4.27. The topological polar surface area (TPSA) is 71.4 Å². The molecule has 0 amide bonds. The van der Waals surface area contributed by atoms with Crippen molar-refractivity contribution in [2.75, 3.05) is 0 Å². The van der Waals surface area contributed by atoms with Gasteiger partial charge in [0.15, 0.2) is 0 Å². The zero-order valence-corrected chi connectivity index (χ0v) is 15.3. The normalized spacial score (nSPS) is 10.5. The maximum absolute atomic E-state index is 9.73. The van der Waals surface area contributed by atoms with Gasteiger partial charge in [0, 0.05) is 5.39 Å². The van der Waals surface area contributed by atoms with E-state index in [0.717, 1.165) is 39.9 Å². The number of benzene rings is 3. The van der Waals surface area contributed by atoms with E-state index in [2.05, 4.69) is 44.2 Å². The Bertz CT molecular complexity index is 1170. The Kier molecular flexibility index (Phi) is 4.62. The van der Waals surface area contributed by atoms with E-state index in [9.17, 15) is 15.8 Å². The zero-order valence-electron chi connectivity index (χ0n) is 15.3.